The van der Waals surface area contributed by atoms with Crippen molar-refractivity contribution in [2.75, 3.05) is 6.61 Å². The lowest BCUT2D eigenvalue weighted by molar-refractivity contribution is -0.123. The van der Waals surface area contributed by atoms with Gasteiger partial charge in [0, 0.05) is 16.9 Å². The zero-order valence-electron chi connectivity index (χ0n) is 16.0. The second kappa shape index (κ2) is 7.68. The van der Waals surface area contributed by atoms with Gasteiger partial charge < -0.3 is 14.8 Å². The maximum atomic E-state index is 12.7. The highest BCUT2D eigenvalue weighted by Gasteiger charge is 2.32. The molecule has 0 unspecified atom stereocenters. The normalized spacial score (nSPS) is 15.4. The molecule has 1 atom stereocenters. The monoisotopic (exact) mass is 393 g/mol. The number of benzene rings is 2. The lowest BCUT2D eigenvalue weighted by Crippen LogP contribution is -2.33. The highest BCUT2D eigenvalue weighted by Crippen LogP contribution is 2.41. The Morgan fingerprint density at radius 2 is 1.96 bits per heavy atom. The van der Waals surface area contributed by atoms with E-state index in [4.69, 9.17) is 9.47 Å². The van der Waals surface area contributed by atoms with E-state index in [1.54, 1.807) is 11.3 Å². The molecule has 0 fully saturated rings. The van der Waals surface area contributed by atoms with Crippen LogP contribution >= 0.6 is 11.3 Å². The Balaban J connectivity index is 1.45. The minimum atomic E-state index is -0.248. The van der Waals surface area contributed by atoms with Gasteiger partial charge in [0.1, 0.15) is 5.60 Å². The van der Waals surface area contributed by atoms with E-state index in [-0.39, 0.29) is 24.2 Å². The number of rotatable bonds is 6. The lowest BCUT2D eigenvalue weighted by atomic mass is 10.0. The average molecular weight is 394 g/mol. The van der Waals surface area contributed by atoms with E-state index in [0.717, 1.165) is 28.2 Å². The summed E-state index contributed by atoms with van der Waals surface area (Å²) in [5.41, 5.74) is 1.91. The van der Waals surface area contributed by atoms with Gasteiger partial charge in [-0.25, -0.2) is 0 Å². The van der Waals surface area contributed by atoms with Crippen LogP contribution < -0.4 is 14.8 Å². The van der Waals surface area contributed by atoms with E-state index >= 15 is 0 Å². The van der Waals surface area contributed by atoms with E-state index in [2.05, 4.69) is 19.2 Å². The first-order chi connectivity index (χ1) is 13.5. The molecule has 0 saturated carbocycles. The molecule has 1 N–H and O–H groups in total. The van der Waals surface area contributed by atoms with Crippen molar-refractivity contribution in [3.63, 3.8) is 0 Å². The largest absolute Gasteiger partial charge is 0.483 e. The first-order valence-corrected chi connectivity index (χ1v) is 10.2. The Hall–Kier alpha value is -2.79. The molecule has 0 spiro atoms. The minimum absolute atomic E-state index is 0.0606. The molecule has 144 valence electrons. The number of ether oxygens (including phenoxy) is 2. The number of carbonyl (C=O) groups is 1. The molecule has 1 amide bonds. The molecule has 28 heavy (non-hydrogen) atoms. The van der Waals surface area contributed by atoms with Crippen LogP contribution in [0.3, 0.4) is 0 Å². The molecule has 1 aliphatic heterocycles. The second-order valence-corrected chi connectivity index (χ2v) is 8.48. The maximum Gasteiger partial charge on any atom is 0.258 e. The SMILES string of the molecule is CC1(C)Cc2cccc(OCC(=O)N[C@@H](c3ccccc3)c3cccs3)c2O1. The van der Waals surface area contributed by atoms with Crippen LogP contribution in [0.15, 0.2) is 66.0 Å². The van der Waals surface area contributed by atoms with Crippen LogP contribution in [0.2, 0.25) is 0 Å². The van der Waals surface area contributed by atoms with Crippen LogP contribution in [-0.2, 0) is 11.2 Å². The van der Waals surface area contributed by atoms with Gasteiger partial charge in [0.2, 0.25) is 0 Å². The van der Waals surface area contributed by atoms with Crippen molar-refractivity contribution in [3.8, 4) is 11.5 Å². The quantitative estimate of drug-likeness (QED) is 0.658. The van der Waals surface area contributed by atoms with Crippen LogP contribution in [0.4, 0.5) is 0 Å². The number of hydrogen-bond donors (Lipinski definition) is 1. The van der Waals surface area contributed by atoms with Crippen LogP contribution in [-0.4, -0.2) is 18.1 Å². The van der Waals surface area contributed by atoms with E-state index in [1.807, 2.05) is 66.0 Å². The zero-order chi connectivity index (χ0) is 19.6. The fourth-order valence-electron chi connectivity index (χ4n) is 3.47. The zero-order valence-corrected chi connectivity index (χ0v) is 16.8. The number of thiophene rings is 1. The molecular formula is C23H23NO3S. The molecule has 2 heterocycles. The van der Waals surface area contributed by atoms with Crippen LogP contribution in [0.1, 0.15) is 35.9 Å². The number of hydrogen-bond acceptors (Lipinski definition) is 4. The summed E-state index contributed by atoms with van der Waals surface area (Å²) in [5.74, 6) is 1.20. The number of amides is 1. The minimum Gasteiger partial charge on any atom is -0.483 e. The molecule has 5 heteroatoms. The Labute approximate surface area is 169 Å². The standard InChI is InChI=1S/C23H23NO3S/c1-23(2)14-17-10-6-11-18(22(17)27-23)26-15-20(25)24-21(19-12-7-13-28-19)16-8-4-3-5-9-16/h3-13,21H,14-15H2,1-2H3,(H,24,25)/t21-/m0/s1. The summed E-state index contributed by atoms with van der Waals surface area (Å²) in [6, 6.07) is 19.6. The van der Waals surface area contributed by atoms with Crippen LogP contribution in [0.5, 0.6) is 11.5 Å². The smallest absolute Gasteiger partial charge is 0.258 e. The van der Waals surface area contributed by atoms with Crippen molar-refractivity contribution in [1.29, 1.82) is 0 Å². The second-order valence-electron chi connectivity index (χ2n) is 7.50. The number of carbonyl (C=O) groups excluding carboxylic acids is 1. The maximum absolute atomic E-state index is 12.7. The molecule has 3 aromatic rings. The molecule has 2 aromatic carbocycles. The molecule has 1 aromatic heterocycles. The highest BCUT2D eigenvalue weighted by atomic mass is 32.1. The summed E-state index contributed by atoms with van der Waals surface area (Å²) in [7, 11) is 0. The molecule has 0 saturated heterocycles. The Bertz CT molecular complexity index is 951. The molecular weight excluding hydrogens is 370 g/mol. The predicted molar refractivity (Wildman–Crippen MR) is 111 cm³/mol. The Morgan fingerprint density at radius 3 is 2.71 bits per heavy atom. The number of fused-ring (bicyclic) bond motifs is 1. The van der Waals surface area contributed by atoms with E-state index in [1.165, 1.54) is 0 Å². The molecule has 0 aliphatic carbocycles. The van der Waals surface area contributed by atoms with Crippen molar-refractivity contribution < 1.29 is 14.3 Å². The van der Waals surface area contributed by atoms with Crippen molar-refractivity contribution in [2.24, 2.45) is 0 Å². The third-order valence-electron chi connectivity index (χ3n) is 4.68. The third kappa shape index (κ3) is 4.04. The van der Waals surface area contributed by atoms with Gasteiger partial charge in [-0.2, -0.15) is 0 Å². The number of para-hydroxylation sites is 1. The van der Waals surface area contributed by atoms with Gasteiger partial charge in [0.05, 0.1) is 6.04 Å². The summed E-state index contributed by atoms with van der Waals surface area (Å²) in [4.78, 5) is 13.7. The summed E-state index contributed by atoms with van der Waals surface area (Å²) in [5, 5.41) is 5.11. The van der Waals surface area contributed by atoms with Gasteiger partial charge in [-0.3, -0.25) is 4.79 Å². The molecule has 4 rings (SSSR count). The van der Waals surface area contributed by atoms with Gasteiger partial charge in [-0.1, -0.05) is 48.5 Å². The fraction of sp³-hybridized carbons (Fsp3) is 0.261. The molecule has 0 radical (unpaired) electrons. The van der Waals surface area contributed by atoms with Crippen molar-refractivity contribution in [2.45, 2.75) is 31.9 Å². The van der Waals surface area contributed by atoms with E-state index < -0.39 is 0 Å². The van der Waals surface area contributed by atoms with Gasteiger partial charge in [-0.15, -0.1) is 11.3 Å². The molecule has 4 nitrogen and oxygen atoms in total. The first kappa shape index (κ1) is 18.6. The van der Waals surface area contributed by atoms with Crippen LogP contribution in [0, 0.1) is 0 Å². The van der Waals surface area contributed by atoms with E-state index in [0.29, 0.717) is 5.75 Å². The van der Waals surface area contributed by atoms with E-state index in [9.17, 15) is 4.79 Å². The summed E-state index contributed by atoms with van der Waals surface area (Å²) >= 11 is 1.62. The predicted octanol–water partition coefficient (Wildman–Crippen LogP) is 4.75. The number of nitrogens with one attached hydrogen (secondary N) is 1. The molecule has 1 aliphatic rings. The Kier molecular flexibility index (Phi) is 5.09. The topological polar surface area (TPSA) is 47.6 Å². The summed E-state index contributed by atoms with van der Waals surface area (Å²) < 4.78 is 11.8. The fourth-order valence-corrected chi connectivity index (χ4v) is 4.27. The first-order valence-electron chi connectivity index (χ1n) is 9.33. The van der Waals surface area contributed by atoms with Crippen molar-refractivity contribution in [1.82, 2.24) is 5.32 Å². The van der Waals surface area contributed by atoms with Gasteiger partial charge in [0.25, 0.3) is 5.91 Å². The average Bonchev–Trinajstić information content (AvgIpc) is 3.31. The lowest BCUT2D eigenvalue weighted by Gasteiger charge is -2.19. The van der Waals surface area contributed by atoms with Gasteiger partial charge >= 0.3 is 0 Å². The highest BCUT2D eigenvalue weighted by molar-refractivity contribution is 7.10. The Morgan fingerprint density at radius 1 is 1.14 bits per heavy atom. The molecule has 0 bridgehead atoms. The van der Waals surface area contributed by atoms with Crippen LogP contribution in [0.25, 0.3) is 0 Å². The summed E-state index contributed by atoms with van der Waals surface area (Å²) in [6.07, 6.45) is 0.834. The van der Waals surface area contributed by atoms with Gasteiger partial charge in [0.15, 0.2) is 18.1 Å². The van der Waals surface area contributed by atoms with Crippen molar-refractivity contribution >= 4 is 17.2 Å². The third-order valence-corrected chi connectivity index (χ3v) is 5.62. The van der Waals surface area contributed by atoms with Crippen molar-refractivity contribution in [3.05, 3.63) is 82.0 Å². The summed E-state index contributed by atoms with van der Waals surface area (Å²) in [6.45, 7) is 4.04. The van der Waals surface area contributed by atoms with Gasteiger partial charge in [-0.05, 0) is 36.9 Å².